The summed E-state index contributed by atoms with van der Waals surface area (Å²) in [5, 5.41) is 0. The number of aryl methyl sites for hydroxylation is 1. The first-order chi connectivity index (χ1) is 6.62. The molecule has 1 aliphatic rings. The van der Waals surface area contributed by atoms with Gasteiger partial charge < -0.3 is 10.5 Å². The molecule has 1 unspecified atom stereocenters. The maximum atomic E-state index is 5.48. The highest BCUT2D eigenvalue weighted by Gasteiger charge is 2.35. The molecule has 5 nitrogen and oxygen atoms in total. The number of nitrogens with zero attached hydrogens (tertiary/aromatic N) is 3. The largest absolute Gasteiger partial charge is 0.462 e. The van der Waals surface area contributed by atoms with Gasteiger partial charge in [0.2, 0.25) is 0 Å². The van der Waals surface area contributed by atoms with E-state index in [0.717, 1.165) is 11.4 Å². The second-order valence-electron chi connectivity index (χ2n) is 3.50. The molecule has 0 bridgehead atoms. The molecule has 0 aromatic carbocycles. The van der Waals surface area contributed by atoms with Gasteiger partial charge in [-0.05, 0) is 13.8 Å². The summed E-state index contributed by atoms with van der Waals surface area (Å²) in [7, 11) is 0. The van der Waals surface area contributed by atoms with Crippen LogP contribution in [0.5, 0.6) is 0 Å². The van der Waals surface area contributed by atoms with Crippen molar-refractivity contribution >= 4 is 6.02 Å². The fourth-order valence-electron chi connectivity index (χ4n) is 1.58. The molecule has 1 atom stereocenters. The molecule has 1 aliphatic heterocycles. The van der Waals surface area contributed by atoms with Crippen LogP contribution >= 0.6 is 0 Å². The normalized spacial score (nSPS) is 25.7. The average Bonchev–Trinajstić information content (AvgIpc) is 2.48. The number of hydrogen-bond donors (Lipinski definition) is 1. The van der Waals surface area contributed by atoms with Crippen LogP contribution < -0.4 is 5.73 Å². The van der Waals surface area contributed by atoms with Crippen LogP contribution in [0.1, 0.15) is 18.3 Å². The molecule has 0 radical (unpaired) electrons. The topological polar surface area (TPSA) is 73.4 Å². The Labute approximate surface area is 82.0 Å². The van der Waals surface area contributed by atoms with E-state index in [1.807, 2.05) is 13.8 Å². The highest BCUT2D eigenvalue weighted by molar-refractivity contribution is 5.73. The monoisotopic (exact) mass is 192 g/mol. The van der Waals surface area contributed by atoms with Crippen molar-refractivity contribution in [3.63, 3.8) is 0 Å². The Morgan fingerprint density at radius 2 is 2.14 bits per heavy atom. The van der Waals surface area contributed by atoms with E-state index in [9.17, 15) is 0 Å². The Kier molecular flexibility index (Phi) is 1.87. The van der Waals surface area contributed by atoms with Gasteiger partial charge in [-0.25, -0.2) is 4.99 Å². The second-order valence-corrected chi connectivity index (χ2v) is 3.50. The number of nitrogens with two attached hydrogens (primary N) is 1. The number of rotatable bonds is 1. The molecule has 2 N–H and O–H groups in total. The molecule has 14 heavy (non-hydrogen) atoms. The number of aromatic nitrogens is 2. The van der Waals surface area contributed by atoms with Gasteiger partial charge in [0.1, 0.15) is 12.1 Å². The first kappa shape index (κ1) is 8.93. The second kappa shape index (κ2) is 2.94. The van der Waals surface area contributed by atoms with Gasteiger partial charge >= 0.3 is 0 Å². The smallest absolute Gasteiger partial charge is 0.283 e. The van der Waals surface area contributed by atoms with Gasteiger partial charge in [-0.1, -0.05) is 0 Å². The Bertz CT molecular complexity index is 390. The lowest BCUT2D eigenvalue weighted by Gasteiger charge is -2.18. The van der Waals surface area contributed by atoms with E-state index in [2.05, 4.69) is 15.0 Å². The van der Waals surface area contributed by atoms with Crippen LogP contribution in [0, 0.1) is 6.92 Å². The van der Waals surface area contributed by atoms with E-state index < -0.39 is 5.54 Å². The van der Waals surface area contributed by atoms with E-state index in [0.29, 0.717) is 6.61 Å². The molecule has 5 heteroatoms. The van der Waals surface area contributed by atoms with Gasteiger partial charge in [0, 0.05) is 12.4 Å². The lowest BCUT2D eigenvalue weighted by Crippen LogP contribution is -2.24. The SMILES string of the molecule is Cc1nccnc1C1(C)COC(N)=N1. The van der Waals surface area contributed by atoms with Crippen LogP contribution in [0.15, 0.2) is 17.4 Å². The zero-order valence-corrected chi connectivity index (χ0v) is 8.19. The zero-order valence-electron chi connectivity index (χ0n) is 8.19. The molecule has 0 amide bonds. The van der Waals surface area contributed by atoms with Crippen molar-refractivity contribution in [1.29, 1.82) is 0 Å². The minimum Gasteiger partial charge on any atom is -0.462 e. The first-order valence-corrected chi connectivity index (χ1v) is 4.38. The first-order valence-electron chi connectivity index (χ1n) is 4.38. The van der Waals surface area contributed by atoms with Crippen LogP contribution in [-0.4, -0.2) is 22.6 Å². The fraction of sp³-hybridized carbons (Fsp3) is 0.444. The van der Waals surface area contributed by atoms with Gasteiger partial charge in [-0.2, -0.15) is 0 Å². The molecule has 0 saturated heterocycles. The zero-order chi connectivity index (χ0) is 10.2. The van der Waals surface area contributed by atoms with Crippen molar-refractivity contribution in [3.05, 3.63) is 23.8 Å². The molecule has 2 rings (SSSR count). The quantitative estimate of drug-likeness (QED) is 0.696. The minimum atomic E-state index is -0.484. The van der Waals surface area contributed by atoms with Gasteiger partial charge in [0.05, 0.1) is 11.4 Å². The molecule has 1 aromatic heterocycles. The third-order valence-corrected chi connectivity index (χ3v) is 2.25. The molecule has 0 spiro atoms. The van der Waals surface area contributed by atoms with Crippen molar-refractivity contribution in [1.82, 2.24) is 9.97 Å². The summed E-state index contributed by atoms with van der Waals surface area (Å²) in [5.74, 6) is 0. The Morgan fingerprint density at radius 3 is 2.71 bits per heavy atom. The Balaban J connectivity index is 2.45. The lowest BCUT2D eigenvalue weighted by molar-refractivity contribution is 0.262. The highest BCUT2D eigenvalue weighted by atomic mass is 16.5. The van der Waals surface area contributed by atoms with Crippen molar-refractivity contribution in [3.8, 4) is 0 Å². The van der Waals surface area contributed by atoms with Crippen molar-refractivity contribution in [2.75, 3.05) is 6.61 Å². The highest BCUT2D eigenvalue weighted by Crippen LogP contribution is 2.29. The Hall–Kier alpha value is -1.65. The molecule has 0 saturated carbocycles. The number of hydrogen-bond acceptors (Lipinski definition) is 5. The summed E-state index contributed by atoms with van der Waals surface area (Å²) in [6, 6.07) is 0.220. The van der Waals surface area contributed by atoms with E-state index in [1.54, 1.807) is 12.4 Å². The molecule has 2 heterocycles. The van der Waals surface area contributed by atoms with Crippen LogP contribution in [0.2, 0.25) is 0 Å². The number of aliphatic imine (C=N–C) groups is 1. The number of ether oxygens (including phenoxy) is 1. The summed E-state index contributed by atoms with van der Waals surface area (Å²) in [5.41, 5.74) is 6.67. The van der Waals surface area contributed by atoms with Crippen molar-refractivity contribution < 1.29 is 4.74 Å². The van der Waals surface area contributed by atoms with E-state index in [1.165, 1.54) is 0 Å². The van der Waals surface area contributed by atoms with E-state index in [-0.39, 0.29) is 6.02 Å². The fourth-order valence-corrected chi connectivity index (χ4v) is 1.58. The van der Waals surface area contributed by atoms with Crippen molar-refractivity contribution in [2.45, 2.75) is 19.4 Å². The van der Waals surface area contributed by atoms with E-state index in [4.69, 9.17) is 10.5 Å². The van der Waals surface area contributed by atoms with Gasteiger partial charge in [-0.15, -0.1) is 0 Å². The van der Waals surface area contributed by atoms with E-state index >= 15 is 0 Å². The van der Waals surface area contributed by atoms with Gasteiger partial charge in [-0.3, -0.25) is 9.97 Å². The molecule has 0 aliphatic carbocycles. The van der Waals surface area contributed by atoms with Crippen LogP contribution in [0.4, 0.5) is 0 Å². The summed E-state index contributed by atoms with van der Waals surface area (Å²) in [6.07, 6.45) is 3.31. The molecule has 0 fully saturated rings. The molecular formula is C9H12N4O. The molecule has 1 aromatic rings. The number of amidine groups is 1. The third kappa shape index (κ3) is 1.30. The summed E-state index contributed by atoms with van der Waals surface area (Å²) >= 11 is 0. The maximum Gasteiger partial charge on any atom is 0.283 e. The van der Waals surface area contributed by atoms with Crippen LogP contribution in [0.25, 0.3) is 0 Å². The minimum absolute atomic E-state index is 0.220. The maximum absolute atomic E-state index is 5.48. The van der Waals surface area contributed by atoms with Crippen molar-refractivity contribution in [2.24, 2.45) is 10.7 Å². The van der Waals surface area contributed by atoms with Crippen LogP contribution in [0.3, 0.4) is 0 Å². The summed E-state index contributed by atoms with van der Waals surface area (Å²) in [4.78, 5) is 12.6. The standard InChI is InChI=1S/C9H12N4O/c1-6-7(12-4-3-11-6)9(2)5-14-8(10)13-9/h3-4H,5H2,1-2H3,(H2,10,13). The molecule has 74 valence electrons. The van der Waals surface area contributed by atoms with Gasteiger partial charge in [0.15, 0.2) is 0 Å². The summed E-state index contributed by atoms with van der Waals surface area (Å²) in [6.45, 7) is 4.26. The lowest BCUT2D eigenvalue weighted by atomic mass is 9.98. The summed E-state index contributed by atoms with van der Waals surface area (Å²) < 4.78 is 5.14. The van der Waals surface area contributed by atoms with Crippen LogP contribution in [-0.2, 0) is 10.3 Å². The molecular weight excluding hydrogens is 180 g/mol. The average molecular weight is 192 g/mol. The Morgan fingerprint density at radius 1 is 1.43 bits per heavy atom. The predicted octanol–water partition coefficient (Wildman–Crippen LogP) is 0.345. The third-order valence-electron chi connectivity index (χ3n) is 2.25. The van der Waals surface area contributed by atoms with Gasteiger partial charge in [0.25, 0.3) is 6.02 Å². The predicted molar refractivity (Wildman–Crippen MR) is 51.7 cm³/mol.